The van der Waals surface area contributed by atoms with Crippen molar-refractivity contribution in [1.29, 1.82) is 0 Å². The Morgan fingerprint density at radius 3 is 2.66 bits per heavy atom. The van der Waals surface area contributed by atoms with E-state index in [4.69, 9.17) is 9.26 Å². The highest BCUT2D eigenvalue weighted by molar-refractivity contribution is 5.97. The van der Waals surface area contributed by atoms with E-state index in [0.717, 1.165) is 31.2 Å². The molecule has 2 N–H and O–H groups in total. The summed E-state index contributed by atoms with van der Waals surface area (Å²) in [6.45, 7) is 1.41. The number of carbonyl (C=O) groups is 3. The number of hydrogen-bond donors (Lipinski definition) is 2. The topological polar surface area (TPSA) is 123 Å². The third kappa shape index (κ3) is 6.13. The summed E-state index contributed by atoms with van der Waals surface area (Å²) in [4.78, 5) is 40.0. The summed E-state index contributed by atoms with van der Waals surface area (Å²) in [7, 11) is 0. The summed E-state index contributed by atoms with van der Waals surface area (Å²) in [6.07, 6.45) is 3.04. The molecule has 0 aliphatic heterocycles. The van der Waals surface area contributed by atoms with Crippen molar-refractivity contribution in [2.45, 2.75) is 57.6 Å². The van der Waals surface area contributed by atoms with Gasteiger partial charge in [-0.05, 0) is 19.8 Å². The van der Waals surface area contributed by atoms with Crippen LogP contribution in [0.3, 0.4) is 0 Å². The fourth-order valence-electron chi connectivity index (χ4n) is 3.08. The Balaban J connectivity index is 1.40. The number of hydrogen-bond acceptors (Lipinski definition) is 7. The van der Waals surface area contributed by atoms with Gasteiger partial charge in [0.1, 0.15) is 0 Å². The SMILES string of the molecule is C[C@H](OC(=O)CCc1nc(-c2ccccc2)no1)C(=O)NC(=O)NC1CCCC1. The highest BCUT2D eigenvalue weighted by Crippen LogP contribution is 2.17. The number of imide groups is 1. The smallest absolute Gasteiger partial charge is 0.321 e. The maximum absolute atomic E-state index is 12.0. The molecule has 0 unspecified atom stereocenters. The number of aryl methyl sites for hydroxylation is 1. The van der Waals surface area contributed by atoms with Gasteiger partial charge in [0.2, 0.25) is 11.7 Å². The monoisotopic (exact) mass is 400 g/mol. The first kappa shape index (κ1) is 20.5. The van der Waals surface area contributed by atoms with Crippen molar-refractivity contribution >= 4 is 17.9 Å². The normalized spacial score (nSPS) is 14.9. The zero-order valence-electron chi connectivity index (χ0n) is 16.2. The molecule has 0 radical (unpaired) electrons. The van der Waals surface area contributed by atoms with Crippen LogP contribution in [-0.4, -0.2) is 40.2 Å². The van der Waals surface area contributed by atoms with Crippen molar-refractivity contribution < 1.29 is 23.6 Å². The van der Waals surface area contributed by atoms with Crippen molar-refractivity contribution in [3.8, 4) is 11.4 Å². The molecule has 0 saturated heterocycles. The first-order chi connectivity index (χ1) is 14.0. The number of esters is 1. The standard InChI is InChI=1S/C20H24N4O5/c1-13(19(26)23-20(27)21-15-9-5-6-10-15)28-17(25)12-11-16-22-18(24-29-16)14-7-3-2-4-8-14/h2-4,7-8,13,15H,5-6,9-12H2,1H3,(H2,21,23,26,27)/t13-/m0/s1. The van der Waals surface area contributed by atoms with Crippen LogP contribution >= 0.6 is 0 Å². The van der Waals surface area contributed by atoms with Crippen LogP contribution in [0, 0.1) is 0 Å². The lowest BCUT2D eigenvalue weighted by atomic mass is 10.2. The Labute approximate surface area is 168 Å². The van der Waals surface area contributed by atoms with Gasteiger partial charge in [0.05, 0.1) is 6.42 Å². The molecule has 1 aliphatic rings. The lowest BCUT2D eigenvalue weighted by molar-refractivity contribution is -0.154. The molecule has 1 heterocycles. The van der Waals surface area contributed by atoms with E-state index in [1.54, 1.807) is 0 Å². The highest BCUT2D eigenvalue weighted by Gasteiger charge is 2.23. The molecule has 1 atom stereocenters. The van der Waals surface area contributed by atoms with E-state index in [9.17, 15) is 14.4 Å². The number of carbonyl (C=O) groups excluding carboxylic acids is 3. The molecule has 1 aliphatic carbocycles. The average molecular weight is 400 g/mol. The molecular formula is C20H24N4O5. The van der Waals surface area contributed by atoms with Crippen molar-refractivity contribution in [3.63, 3.8) is 0 Å². The first-order valence-corrected chi connectivity index (χ1v) is 9.70. The molecule has 1 saturated carbocycles. The Morgan fingerprint density at radius 1 is 1.21 bits per heavy atom. The minimum atomic E-state index is -1.08. The quantitative estimate of drug-likeness (QED) is 0.684. The molecule has 1 aromatic carbocycles. The van der Waals surface area contributed by atoms with Crippen molar-refractivity contribution in [3.05, 3.63) is 36.2 Å². The van der Waals surface area contributed by atoms with Gasteiger partial charge in [-0.1, -0.05) is 48.3 Å². The fourth-order valence-corrected chi connectivity index (χ4v) is 3.08. The molecule has 3 rings (SSSR count). The van der Waals surface area contributed by atoms with Crippen LogP contribution in [0.5, 0.6) is 0 Å². The molecule has 9 heteroatoms. The molecule has 2 aromatic rings. The Morgan fingerprint density at radius 2 is 1.93 bits per heavy atom. The number of rotatable bonds is 7. The molecule has 9 nitrogen and oxygen atoms in total. The molecule has 0 spiro atoms. The number of aromatic nitrogens is 2. The molecular weight excluding hydrogens is 376 g/mol. The Kier molecular flexibility index (Phi) is 6.94. The third-order valence-electron chi connectivity index (χ3n) is 4.65. The maximum Gasteiger partial charge on any atom is 0.321 e. The minimum Gasteiger partial charge on any atom is -0.453 e. The van der Waals surface area contributed by atoms with Gasteiger partial charge >= 0.3 is 12.0 Å². The Hall–Kier alpha value is -3.23. The molecule has 154 valence electrons. The van der Waals surface area contributed by atoms with E-state index in [1.165, 1.54) is 6.92 Å². The van der Waals surface area contributed by atoms with E-state index >= 15 is 0 Å². The first-order valence-electron chi connectivity index (χ1n) is 9.70. The summed E-state index contributed by atoms with van der Waals surface area (Å²) >= 11 is 0. The van der Waals surface area contributed by atoms with Crippen LogP contribution in [-0.2, 0) is 20.7 Å². The molecule has 3 amide bonds. The number of benzene rings is 1. The zero-order chi connectivity index (χ0) is 20.6. The third-order valence-corrected chi connectivity index (χ3v) is 4.65. The number of urea groups is 1. The van der Waals surface area contributed by atoms with Crippen LogP contribution in [0.4, 0.5) is 4.79 Å². The summed E-state index contributed by atoms with van der Waals surface area (Å²) < 4.78 is 10.2. The molecule has 1 aromatic heterocycles. The number of amides is 3. The largest absolute Gasteiger partial charge is 0.453 e. The minimum absolute atomic E-state index is 0.0255. The van der Waals surface area contributed by atoms with Gasteiger partial charge in [-0.15, -0.1) is 0 Å². The molecule has 29 heavy (non-hydrogen) atoms. The van der Waals surface area contributed by atoms with Crippen molar-refractivity contribution in [2.75, 3.05) is 0 Å². The van der Waals surface area contributed by atoms with E-state index < -0.39 is 24.0 Å². The van der Waals surface area contributed by atoms with Gasteiger partial charge in [0.25, 0.3) is 5.91 Å². The van der Waals surface area contributed by atoms with Gasteiger partial charge in [0, 0.05) is 18.0 Å². The van der Waals surface area contributed by atoms with E-state index in [0.29, 0.717) is 11.7 Å². The lowest BCUT2D eigenvalue weighted by Crippen LogP contribution is -2.47. The average Bonchev–Trinajstić information content (AvgIpc) is 3.39. The van der Waals surface area contributed by atoms with E-state index in [1.807, 2.05) is 30.3 Å². The van der Waals surface area contributed by atoms with Crippen LogP contribution in [0.2, 0.25) is 0 Å². The van der Waals surface area contributed by atoms with Crippen LogP contribution in [0.1, 0.15) is 44.9 Å². The summed E-state index contributed by atoms with van der Waals surface area (Å²) in [5.74, 6) is -0.523. The van der Waals surface area contributed by atoms with Crippen molar-refractivity contribution in [1.82, 2.24) is 20.8 Å². The second-order valence-electron chi connectivity index (χ2n) is 6.95. The highest BCUT2D eigenvalue weighted by atomic mass is 16.5. The van der Waals surface area contributed by atoms with Gasteiger partial charge in [-0.25, -0.2) is 4.79 Å². The summed E-state index contributed by atoms with van der Waals surface area (Å²) in [5.41, 5.74) is 0.811. The maximum atomic E-state index is 12.0. The molecule has 0 bridgehead atoms. The van der Waals surface area contributed by atoms with Crippen LogP contribution < -0.4 is 10.6 Å². The number of ether oxygens (including phenoxy) is 1. The van der Waals surface area contributed by atoms with Crippen LogP contribution in [0.15, 0.2) is 34.9 Å². The van der Waals surface area contributed by atoms with Gasteiger partial charge in [0.15, 0.2) is 6.10 Å². The van der Waals surface area contributed by atoms with Crippen molar-refractivity contribution in [2.24, 2.45) is 0 Å². The van der Waals surface area contributed by atoms with E-state index in [-0.39, 0.29) is 18.9 Å². The molecule has 1 fully saturated rings. The van der Waals surface area contributed by atoms with Gasteiger partial charge in [-0.3, -0.25) is 14.9 Å². The lowest BCUT2D eigenvalue weighted by Gasteiger charge is -2.15. The second-order valence-corrected chi connectivity index (χ2v) is 6.95. The number of nitrogens with zero attached hydrogens (tertiary/aromatic N) is 2. The second kappa shape index (κ2) is 9.81. The van der Waals surface area contributed by atoms with Crippen LogP contribution in [0.25, 0.3) is 11.4 Å². The Bertz CT molecular complexity index is 846. The zero-order valence-corrected chi connectivity index (χ0v) is 16.2. The van der Waals surface area contributed by atoms with Gasteiger partial charge in [-0.2, -0.15) is 4.98 Å². The predicted octanol–water partition coefficient (Wildman–Crippen LogP) is 2.37. The predicted molar refractivity (Wildman–Crippen MR) is 103 cm³/mol. The van der Waals surface area contributed by atoms with Gasteiger partial charge < -0.3 is 14.6 Å². The van der Waals surface area contributed by atoms with E-state index in [2.05, 4.69) is 20.8 Å². The summed E-state index contributed by atoms with van der Waals surface area (Å²) in [6, 6.07) is 8.85. The summed E-state index contributed by atoms with van der Waals surface area (Å²) in [5, 5.41) is 8.82. The fraction of sp³-hybridized carbons (Fsp3) is 0.450. The number of nitrogens with one attached hydrogen (secondary N) is 2.